The van der Waals surface area contributed by atoms with Crippen LogP contribution in [0, 0.1) is 5.92 Å². The molecule has 0 aromatic carbocycles. The van der Waals surface area contributed by atoms with E-state index in [0.29, 0.717) is 17.3 Å². The zero-order valence-electron chi connectivity index (χ0n) is 9.90. The Labute approximate surface area is 104 Å². The molecule has 0 saturated heterocycles. The fourth-order valence-electron chi connectivity index (χ4n) is 2.41. The Kier molecular flexibility index (Phi) is 2.71. The normalized spacial score (nSPS) is 23.6. The summed E-state index contributed by atoms with van der Waals surface area (Å²) in [5.74, 6) is 0.703. The second-order valence-corrected chi connectivity index (χ2v) is 4.60. The SMILES string of the molecule is Nc1ncnc2c1ncn2[C@@H]1C=CC[C@H](CO)C1. The molecule has 0 spiro atoms. The maximum Gasteiger partial charge on any atom is 0.165 e. The largest absolute Gasteiger partial charge is 0.396 e. The molecule has 0 bridgehead atoms. The van der Waals surface area contributed by atoms with Gasteiger partial charge in [-0.05, 0) is 18.8 Å². The molecule has 0 aliphatic heterocycles. The van der Waals surface area contributed by atoms with Crippen LogP contribution in [0.4, 0.5) is 5.82 Å². The van der Waals surface area contributed by atoms with Gasteiger partial charge in [0.2, 0.25) is 0 Å². The van der Waals surface area contributed by atoms with Crippen molar-refractivity contribution in [2.24, 2.45) is 5.92 Å². The minimum atomic E-state index is 0.176. The van der Waals surface area contributed by atoms with Gasteiger partial charge < -0.3 is 15.4 Å². The van der Waals surface area contributed by atoms with Crippen LogP contribution < -0.4 is 5.73 Å². The van der Waals surface area contributed by atoms with Gasteiger partial charge in [-0.3, -0.25) is 0 Å². The average Bonchev–Trinajstić information content (AvgIpc) is 2.84. The smallest absolute Gasteiger partial charge is 0.165 e. The van der Waals surface area contributed by atoms with Crippen molar-refractivity contribution < 1.29 is 5.11 Å². The fraction of sp³-hybridized carbons (Fsp3) is 0.417. The molecule has 2 heterocycles. The molecular weight excluding hydrogens is 230 g/mol. The molecular formula is C12H15N5O. The van der Waals surface area contributed by atoms with Crippen molar-refractivity contribution >= 4 is 17.0 Å². The van der Waals surface area contributed by atoms with Gasteiger partial charge in [-0.1, -0.05) is 12.2 Å². The van der Waals surface area contributed by atoms with Crippen molar-refractivity contribution in [3.63, 3.8) is 0 Å². The summed E-state index contributed by atoms with van der Waals surface area (Å²) in [4.78, 5) is 12.4. The molecule has 6 heteroatoms. The van der Waals surface area contributed by atoms with Crippen LogP contribution in [-0.2, 0) is 0 Å². The van der Waals surface area contributed by atoms with Gasteiger partial charge in [0.25, 0.3) is 0 Å². The number of hydrogen-bond acceptors (Lipinski definition) is 5. The van der Waals surface area contributed by atoms with E-state index in [9.17, 15) is 5.11 Å². The molecule has 3 N–H and O–H groups in total. The lowest BCUT2D eigenvalue weighted by atomic mass is 9.91. The van der Waals surface area contributed by atoms with E-state index in [2.05, 4.69) is 27.1 Å². The average molecular weight is 245 g/mol. The predicted molar refractivity (Wildman–Crippen MR) is 67.7 cm³/mol. The minimum Gasteiger partial charge on any atom is -0.396 e. The number of nitrogen functional groups attached to an aromatic ring is 1. The number of aromatic nitrogens is 4. The Morgan fingerprint density at radius 1 is 1.39 bits per heavy atom. The molecule has 18 heavy (non-hydrogen) atoms. The Bertz CT molecular complexity index is 591. The molecule has 1 aliphatic carbocycles. The third-order valence-electron chi connectivity index (χ3n) is 3.41. The second-order valence-electron chi connectivity index (χ2n) is 4.60. The zero-order chi connectivity index (χ0) is 12.5. The van der Waals surface area contributed by atoms with E-state index in [0.717, 1.165) is 18.5 Å². The molecule has 2 aromatic rings. The predicted octanol–water partition coefficient (Wildman–Crippen LogP) is 0.908. The summed E-state index contributed by atoms with van der Waals surface area (Å²) in [6, 6.07) is 0.176. The first-order valence-corrected chi connectivity index (χ1v) is 6.00. The first-order chi connectivity index (χ1) is 8.79. The number of imidazole rings is 1. The summed E-state index contributed by atoms with van der Waals surface area (Å²) in [5.41, 5.74) is 7.15. The van der Waals surface area contributed by atoms with Gasteiger partial charge in [0.15, 0.2) is 11.5 Å². The summed E-state index contributed by atoms with van der Waals surface area (Å²) in [7, 11) is 0. The molecule has 0 unspecified atom stereocenters. The summed E-state index contributed by atoms with van der Waals surface area (Å²) in [5, 5.41) is 9.26. The van der Waals surface area contributed by atoms with E-state index < -0.39 is 0 Å². The molecule has 0 saturated carbocycles. The molecule has 6 nitrogen and oxygen atoms in total. The molecule has 0 amide bonds. The lowest BCUT2D eigenvalue weighted by Crippen LogP contribution is -2.17. The third-order valence-corrected chi connectivity index (χ3v) is 3.41. The van der Waals surface area contributed by atoms with Crippen molar-refractivity contribution in [1.29, 1.82) is 0 Å². The second kappa shape index (κ2) is 4.38. The maximum absolute atomic E-state index is 9.26. The highest BCUT2D eigenvalue weighted by molar-refractivity contribution is 5.81. The molecule has 3 rings (SSSR count). The van der Waals surface area contributed by atoms with E-state index in [1.54, 1.807) is 6.33 Å². The van der Waals surface area contributed by atoms with Gasteiger partial charge in [0.1, 0.15) is 11.8 Å². The minimum absolute atomic E-state index is 0.176. The molecule has 0 fully saturated rings. The summed E-state index contributed by atoms with van der Waals surface area (Å²) >= 11 is 0. The Balaban J connectivity index is 2.02. The first-order valence-electron chi connectivity index (χ1n) is 6.00. The number of anilines is 1. The van der Waals surface area contributed by atoms with Crippen molar-refractivity contribution in [2.75, 3.05) is 12.3 Å². The van der Waals surface area contributed by atoms with Crippen LogP contribution in [0.3, 0.4) is 0 Å². The molecule has 1 aliphatic rings. The Hall–Kier alpha value is -1.95. The number of allylic oxidation sites excluding steroid dienone is 2. The van der Waals surface area contributed by atoms with E-state index in [1.807, 2.05) is 4.57 Å². The van der Waals surface area contributed by atoms with Gasteiger partial charge in [-0.15, -0.1) is 0 Å². The van der Waals surface area contributed by atoms with Gasteiger partial charge in [0.05, 0.1) is 12.4 Å². The fourth-order valence-corrected chi connectivity index (χ4v) is 2.41. The number of fused-ring (bicyclic) bond motifs is 1. The third kappa shape index (κ3) is 1.74. The monoisotopic (exact) mass is 245 g/mol. The molecule has 2 aromatic heterocycles. The van der Waals surface area contributed by atoms with Crippen LogP contribution >= 0.6 is 0 Å². The van der Waals surface area contributed by atoms with Gasteiger partial charge in [-0.2, -0.15) is 0 Å². The highest BCUT2D eigenvalue weighted by Crippen LogP contribution is 2.29. The van der Waals surface area contributed by atoms with E-state index in [4.69, 9.17) is 5.73 Å². The van der Waals surface area contributed by atoms with Crippen LogP contribution in [0.2, 0.25) is 0 Å². The number of rotatable bonds is 2. The standard InChI is InChI=1S/C12H15N5O/c13-11-10-12(15-6-14-11)17(7-16-10)9-3-1-2-8(4-9)5-18/h1,3,6-9,18H,2,4-5H2,(H2,13,14,15)/t8-,9+/m0/s1. The van der Waals surface area contributed by atoms with Crippen LogP contribution in [0.15, 0.2) is 24.8 Å². The quantitative estimate of drug-likeness (QED) is 0.767. The number of hydrogen-bond donors (Lipinski definition) is 2. The number of aliphatic hydroxyl groups is 1. The topological polar surface area (TPSA) is 89.9 Å². The summed E-state index contributed by atoms with van der Waals surface area (Å²) < 4.78 is 1.99. The zero-order valence-corrected chi connectivity index (χ0v) is 9.90. The summed E-state index contributed by atoms with van der Waals surface area (Å²) in [6.45, 7) is 0.213. The van der Waals surface area contributed by atoms with E-state index >= 15 is 0 Å². The highest BCUT2D eigenvalue weighted by atomic mass is 16.3. The van der Waals surface area contributed by atoms with Gasteiger partial charge >= 0.3 is 0 Å². The Morgan fingerprint density at radius 3 is 3.11 bits per heavy atom. The molecule has 94 valence electrons. The highest BCUT2D eigenvalue weighted by Gasteiger charge is 2.21. The van der Waals surface area contributed by atoms with Crippen LogP contribution in [0.5, 0.6) is 0 Å². The van der Waals surface area contributed by atoms with Crippen molar-refractivity contribution in [3.05, 3.63) is 24.8 Å². The van der Waals surface area contributed by atoms with Gasteiger partial charge in [0, 0.05) is 6.61 Å². The first kappa shape index (κ1) is 11.2. The van der Waals surface area contributed by atoms with Crippen LogP contribution in [-0.4, -0.2) is 31.2 Å². The number of nitrogens with two attached hydrogens (primary N) is 1. The summed E-state index contributed by atoms with van der Waals surface area (Å²) in [6.07, 6.45) is 9.24. The van der Waals surface area contributed by atoms with E-state index in [1.165, 1.54) is 6.33 Å². The molecule has 0 radical (unpaired) electrons. The van der Waals surface area contributed by atoms with Crippen LogP contribution in [0.1, 0.15) is 18.9 Å². The molecule has 2 atom stereocenters. The van der Waals surface area contributed by atoms with Crippen molar-refractivity contribution in [2.45, 2.75) is 18.9 Å². The van der Waals surface area contributed by atoms with Crippen molar-refractivity contribution in [3.8, 4) is 0 Å². The lowest BCUT2D eigenvalue weighted by molar-refractivity contribution is 0.204. The van der Waals surface area contributed by atoms with Crippen molar-refractivity contribution in [1.82, 2.24) is 19.5 Å². The van der Waals surface area contributed by atoms with Gasteiger partial charge in [-0.25, -0.2) is 15.0 Å². The van der Waals surface area contributed by atoms with Crippen LogP contribution in [0.25, 0.3) is 11.2 Å². The lowest BCUT2D eigenvalue weighted by Gasteiger charge is -2.24. The number of aliphatic hydroxyl groups excluding tert-OH is 1. The Morgan fingerprint density at radius 2 is 2.28 bits per heavy atom. The van der Waals surface area contributed by atoms with E-state index in [-0.39, 0.29) is 12.6 Å². The maximum atomic E-state index is 9.26. The number of nitrogens with zero attached hydrogens (tertiary/aromatic N) is 4.